The van der Waals surface area contributed by atoms with E-state index in [1.165, 1.54) is 22.8 Å². The smallest absolute Gasteiger partial charge is 0.412 e. The molecule has 1 saturated carbocycles. The number of amides is 2. The molecular formula is C25H24N4O5. The molecule has 34 heavy (non-hydrogen) atoms. The van der Waals surface area contributed by atoms with Crippen LogP contribution in [0.3, 0.4) is 0 Å². The van der Waals surface area contributed by atoms with Gasteiger partial charge in [-0.05, 0) is 35.1 Å². The van der Waals surface area contributed by atoms with Crippen LogP contribution in [0.1, 0.15) is 40.2 Å². The van der Waals surface area contributed by atoms with Gasteiger partial charge in [0.15, 0.2) is 0 Å². The Morgan fingerprint density at radius 2 is 1.71 bits per heavy atom. The van der Waals surface area contributed by atoms with Gasteiger partial charge in [0.25, 0.3) is 5.91 Å². The molecule has 2 aromatic carbocycles. The van der Waals surface area contributed by atoms with E-state index in [2.05, 4.69) is 22.5 Å². The molecule has 0 bridgehead atoms. The molecule has 1 fully saturated rings. The van der Waals surface area contributed by atoms with Crippen molar-refractivity contribution in [2.24, 2.45) is 7.05 Å². The van der Waals surface area contributed by atoms with Gasteiger partial charge in [-0.3, -0.25) is 14.8 Å². The lowest BCUT2D eigenvalue weighted by atomic mass is 9.98. The third-order valence-electron chi connectivity index (χ3n) is 6.80. The Hall–Kier alpha value is -4.14. The monoisotopic (exact) mass is 460 g/mol. The van der Waals surface area contributed by atoms with Crippen molar-refractivity contribution < 1.29 is 24.2 Å². The summed E-state index contributed by atoms with van der Waals surface area (Å²) < 4.78 is 6.92. The predicted octanol–water partition coefficient (Wildman–Crippen LogP) is 3.47. The SMILES string of the molecule is CN(C(=O)c1cnn(C)c1NC(=O)OCC1c2ccccc2-c2ccccc21)C1(C(=O)O)CC1. The van der Waals surface area contributed by atoms with Crippen molar-refractivity contribution in [2.75, 3.05) is 19.0 Å². The van der Waals surface area contributed by atoms with Crippen LogP contribution in [0, 0.1) is 0 Å². The average molecular weight is 460 g/mol. The molecule has 0 aliphatic heterocycles. The molecular weight excluding hydrogens is 436 g/mol. The number of rotatable bonds is 6. The topological polar surface area (TPSA) is 114 Å². The summed E-state index contributed by atoms with van der Waals surface area (Å²) in [5, 5.41) is 16.2. The van der Waals surface area contributed by atoms with Gasteiger partial charge in [0.1, 0.15) is 23.5 Å². The summed E-state index contributed by atoms with van der Waals surface area (Å²) in [6.07, 6.45) is 1.37. The number of nitrogens with zero attached hydrogens (tertiary/aromatic N) is 3. The van der Waals surface area contributed by atoms with E-state index in [1.54, 1.807) is 7.05 Å². The van der Waals surface area contributed by atoms with E-state index in [0.29, 0.717) is 12.8 Å². The molecule has 2 aliphatic rings. The lowest BCUT2D eigenvalue weighted by molar-refractivity contribution is -0.143. The zero-order valence-corrected chi connectivity index (χ0v) is 18.8. The number of likely N-dealkylation sites (N-methyl/N-ethyl adjacent to an activating group) is 1. The van der Waals surface area contributed by atoms with Gasteiger partial charge >= 0.3 is 12.1 Å². The third kappa shape index (κ3) is 3.40. The molecule has 0 spiro atoms. The quantitative estimate of drug-likeness (QED) is 0.582. The first-order valence-corrected chi connectivity index (χ1v) is 11.0. The standard InChI is InChI=1S/C25H24N4O5/c1-28(25(11-12-25)23(31)32)22(30)19-13-26-29(2)21(19)27-24(33)34-14-20-17-9-5-3-7-15(17)16-8-4-6-10-18(16)20/h3-10,13,20H,11-12,14H2,1-2H3,(H,27,33)(H,31,32). The summed E-state index contributed by atoms with van der Waals surface area (Å²) in [6.45, 7) is 0.128. The van der Waals surface area contributed by atoms with E-state index in [4.69, 9.17) is 4.74 Å². The van der Waals surface area contributed by atoms with Crippen molar-refractivity contribution >= 4 is 23.8 Å². The number of aromatic nitrogens is 2. The summed E-state index contributed by atoms with van der Waals surface area (Å²) in [7, 11) is 3.04. The van der Waals surface area contributed by atoms with Crippen LogP contribution < -0.4 is 5.32 Å². The Kier molecular flexibility index (Phi) is 5.11. The molecule has 1 aromatic heterocycles. The molecule has 2 amide bonds. The van der Waals surface area contributed by atoms with Crippen LogP contribution in [-0.2, 0) is 16.6 Å². The van der Waals surface area contributed by atoms with E-state index >= 15 is 0 Å². The van der Waals surface area contributed by atoms with Crippen molar-refractivity contribution in [3.8, 4) is 11.1 Å². The number of benzene rings is 2. The van der Waals surface area contributed by atoms with Crippen LogP contribution in [0.2, 0.25) is 0 Å². The minimum Gasteiger partial charge on any atom is -0.479 e. The summed E-state index contributed by atoms with van der Waals surface area (Å²) in [5.41, 5.74) is 3.35. The van der Waals surface area contributed by atoms with Crippen LogP contribution in [0.15, 0.2) is 54.7 Å². The van der Waals surface area contributed by atoms with Crippen molar-refractivity contribution in [1.29, 1.82) is 0 Å². The molecule has 3 aromatic rings. The lowest BCUT2D eigenvalue weighted by Crippen LogP contribution is -2.44. The fraction of sp³-hybridized carbons (Fsp3) is 0.280. The number of anilines is 1. The number of carboxylic acid groups (broad SMARTS) is 1. The average Bonchev–Trinajstić information content (AvgIpc) is 3.50. The molecule has 2 aliphatic carbocycles. The van der Waals surface area contributed by atoms with Crippen LogP contribution in [0.25, 0.3) is 11.1 Å². The Labute approximate surface area is 195 Å². The summed E-state index contributed by atoms with van der Waals surface area (Å²) >= 11 is 0. The first-order valence-electron chi connectivity index (χ1n) is 11.0. The fourth-order valence-electron chi connectivity index (χ4n) is 4.66. The van der Waals surface area contributed by atoms with Gasteiger partial charge in [0, 0.05) is 20.0 Å². The van der Waals surface area contributed by atoms with Crippen molar-refractivity contribution in [2.45, 2.75) is 24.3 Å². The van der Waals surface area contributed by atoms with E-state index in [-0.39, 0.29) is 23.9 Å². The maximum Gasteiger partial charge on any atom is 0.412 e. The van der Waals surface area contributed by atoms with Crippen molar-refractivity contribution in [1.82, 2.24) is 14.7 Å². The largest absolute Gasteiger partial charge is 0.479 e. The minimum absolute atomic E-state index is 0.0952. The Bertz CT molecular complexity index is 1260. The summed E-state index contributed by atoms with van der Waals surface area (Å²) in [4.78, 5) is 38.5. The van der Waals surface area contributed by atoms with Gasteiger partial charge in [-0.15, -0.1) is 0 Å². The molecule has 0 atom stereocenters. The maximum atomic E-state index is 13.0. The zero-order chi connectivity index (χ0) is 24.0. The molecule has 9 heteroatoms. The number of aliphatic carboxylic acids is 1. The normalized spacial score (nSPS) is 15.2. The highest BCUT2D eigenvalue weighted by atomic mass is 16.5. The number of nitrogens with one attached hydrogen (secondary N) is 1. The molecule has 1 heterocycles. The second-order valence-corrected chi connectivity index (χ2v) is 8.68. The maximum absolute atomic E-state index is 13.0. The van der Waals surface area contributed by atoms with Crippen LogP contribution in [0.4, 0.5) is 10.6 Å². The Balaban J connectivity index is 1.31. The first-order chi connectivity index (χ1) is 16.3. The molecule has 9 nitrogen and oxygen atoms in total. The Morgan fingerprint density at radius 1 is 1.12 bits per heavy atom. The minimum atomic E-state index is -1.20. The highest BCUT2D eigenvalue weighted by Crippen LogP contribution is 2.45. The number of carbonyl (C=O) groups excluding carboxylic acids is 2. The first kappa shape index (κ1) is 21.7. The highest BCUT2D eigenvalue weighted by molar-refractivity contribution is 6.04. The Morgan fingerprint density at radius 3 is 2.26 bits per heavy atom. The highest BCUT2D eigenvalue weighted by Gasteiger charge is 2.56. The van der Waals surface area contributed by atoms with Gasteiger partial charge < -0.3 is 14.7 Å². The van der Waals surface area contributed by atoms with Gasteiger partial charge in [0.05, 0.1) is 6.20 Å². The molecule has 0 saturated heterocycles. The van der Waals surface area contributed by atoms with E-state index in [9.17, 15) is 19.5 Å². The van der Waals surface area contributed by atoms with E-state index in [1.807, 2.05) is 36.4 Å². The number of fused-ring (bicyclic) bond motifs is 3. The van der Waals surface area contributed by atoms with Gasteiger partial charge in [-0.2, -0.15) is 5.10 Å². The molecule has 0 unspecified atom stereocenters. The second kappa shape index (κ2) is 8.02. The molecule has 2 N–H and O–H groups in total. The number of aryl methyl sites for hydroxylation is 1. The molecule has 5 rings (SSSR count). The lowest BCUT2D eigenvalue weighted by Gasteiger charge is -2.24. The van der Waals surface area contributed by atoms with Crippen LogP contribution >= 0.6 is 0 Å². The van der Waals surface area contributed by atoms with Gasteiger partial charge in [0.2, 0.25) is 0 Å². The van der Waals surface area contributed by atoms with Gasteiger partial charge in [-0.25, -0.2) is 9.59 Å². The number of carboxylic acids is 1. The number of hydrogen-bond donors (Lipinski definition) is 2. The molecule has 0 radical (unpaired) electrons. The third-order valence-corrected chi connectivity index (χ3v) is 6.80. The van der Waals surface area contributed by atoms with Crippen LogP contribution in [-0.4, -0.2) is 57.0 Å². The zero-order valence-electron chi connectivity index (χ0n) is 18.8. The van der Waals surface area contributed by atoms with Gasteiger partial charge in [-0.1, -0.05) is 48.5 Å². The molecule has 174 valence electrons. The van der Waals surface area contributed by atoms with Crippen LogP contribution in [0.5, 0.6) is 0 Å². The summed E-state index contributed by atoms with van der Waals surface area (Å²) in [6, 6.07) is 16.1. The number of ether oxygens (including phenoxy) is 1. The van der Waals surface area contributed by atoms with Crippen molar-refractivity contribution in [3.05, 3.63) is 71.4 Å². The van der Waals surface area contributed by atoms with Crippen molar-refractivity contribution in [3.63, 3.8) is 0 Å². The summed E-state index contributed by atoms with van der Waals surface area (Å²) in [5.74, 6) is -1.52. The van der Waals surface area contributed by atoms with E-state index in [0.717, 1.165) is 22.3 Å². The second-order valence-electron chi connectivity index (χ2n) is 8.68. The number of carbonyl (C=O) groups is 3. The predicted molar refractivity (Wildman–Crippen MR) is 124 cm³/mol. The fourth-order valence-corrected chi connectivity index (χ4v) is 4.66. The number of hydrogen-bond acceptors (Lipinski definition) is 5. The van der Waals surface area contributed by atoms with E-state index < -0.39 is 23.5 Å².